The van der Waals surface area contributed by atoms with Crippen LogP contribution in [0.3, 0.4) is 0 Å². The lowest BCUT2D eigenvalue weighted by Gasteiger charge is -2.36. The lowest BCUT2D eigenvalue weighted by atomic mass is 10.2. The van der Waals surface area contributed by atoms with Gasteiger partial charge in [-0.2, -0.15) is 0 Å². The van der Waals surface area contributed by atoms with E-state index in [2.05, 4.69) is 37.3 Å². The maximum Gasteiger partial charge on any atom is 0.190 e. The van der Waals surface area contributed by atoms with Gasteiger partial charge in [0, 0.05) is 63.8 Å². The Balaban J connectivity index is 0.00000320. The SMILES string of the molecule is CN=C(NCCCN1CCN(c2ccccc2F)CC1)NCCc1ncc(C)s1.I. The summed E-state index contributed by atoms with van der Waals surface area (Å²) in [5, 5.41) is 7.88. The number of nitrogens with one attached hydrogen (secondary N) is 2. The van der Waals surface area contributed by atoms with Crippen molar-refractivity contribution in [2.24, 2.45) is 4.99 Å². The highest BCUT2D eigenvalue weighted by atomic mass is 127. The average molecular weight is 546 g/mol. The predicted octanol–water partition coefficient (Wildman–Crippen LogP) is 3.13. The summed E-state index contributed by atoms with van der Waals surface area (Å²) >= 11 is 1.74. The molecule has 0 radical (unpaired) electrons. The Morgan fingerprint density at radius 1 is 1.17 bits per heavy atom. The molecular weight excluding hydrogens is 514 g/mol. The molecule has 1 saturated heterocycles. The number of hydrogen-bond acceptors (Lipinski definition) is 5. The molecule has 6 nitrogen and oxygen atoms in total. The molecule has 2 N–H and O–H groups in total. The number of aliphatic imine (C=N–C) groups is 1. The molecule has 1 aromatic heterocycles. The molecule has 0 saturated carbocycles. The third kappa shape index (κ3) is 7.66. The fourth-order valence-corrected chi connectivity index (χ4v) is 4.24. The highest BCUT2D eigenvalue weighted by molar-refractivity contribution is 14.0. The zero-order valence-corrected chi connectivity index (χ0v) is 20.9. The van der Waals surface area contributed by atoms with Gasteiger partial charge in [-0.25, -0.2) is 9.37 Å². The van der Waals surface area contributed by atoms with Gasteiger partial charge in [0.25, 0.3) is 0 Å². The Labute approximate surface area is 200 Å². The number of guanidine groups is 1. The second-order valence-electron chi connectivity index (χ2n) is 7.17. The van der Waals surface area contributed by atoms with Gasteiger partial charge < -0.3 is 15.5 Å². The summed E-state index contributed by atoms with van der Waals surface area (Å²) in [6, 6.07) is 7.04. The molecular formula is C21H32FIN6S. The minimum Gasteiger partial charge on any atom is -0.367 e. The predicted molar refractivity (Wildman–Crippen MR) is 135 cm³/mol. The maximum absolute atomic E-state index is 13.9. The lowest BCUT2D eigenvalue weighted by Crippen LogP contribution is -2.47. The van der Waals surface area contributed by atoms with E-state index in [9.17, 15) is 4.39 Å². The van der Waals surface area contributed by atoms with Crippen LogP contribution in [0.4, 0.5) is 10.1 Å². The van der Waals surface area contributed by atoms with Gasteiger partial charge in [0.15, 0.2) is 5.96 Å². The molecule has 30 heavy (non-hydrogen) atoms. The highest BCUT2D eigenvalue weighted by Gasteiger charge is 2.18. The summed E-state index contributed by atoms with van der Waals surface area (Å²) < 4.78 is 13.9. The Morgan fingerprint density at radius 2 is 1.90 bits per heavy atom. The van der Waals surface area contributed by atoms with E-state index in [1.54, 1.807) is 24.5 Å². The maximum atomic E-state index is 13.9. The molecule has 1 fully saturated rings. The summed E-state index contributed by atoms with van der Waals surface area (Å²) in [6.07, 6.45) is 3.88. The molecule has 0 amide bonds. The summed E-state index contributed by atoms with van der Waals surface area (Å²) in [4.78, 5) is 14.5. The first-order chi connectivity index (χ1) is 14.2. The molecule has 1 aromatic carbocycles. The van der Waals surface area contributed by atoms with Gasteiger partial charge in [-0.15, -0.1) is 35.3 Å². The molecule has 0 aliphatic carbocycles. The largest absolute Gasteiger partial charge is 0.367 e. The molecule has 2 aromatic rings. The van der Waals surface area contributed by atoms with Gasteiger partial charge in [-0.1, -0.05) is 12.1 Å². The first kappa shape index (κ1) is 24.8. The number of rotatable bonds is 8. The quantitative estimate of drug-likeness (QED) is 0.231. The van der Waals surface area contributed by atoms with E-state index in [1.807, 2.05) is 18.3 Å². The number of thiazole rings is 1. The second kappa shape index (κ2) is 13.1. The van der Waals surface area contributed by atoms with Crippen LogP contribution in [-0.4, -0.2) is 68.7 Å². The first-order valence-electron chi connectivity index (χ1n) is 10.2. The van der Waals surface area contributed by atoms with E-state index in [4.69, 9.17) is 0 Å². The van der Waals surface area contributed by atoms with Crippen LogP contribution in [0, 0.1) is 12.7 Å². The van der Waals surface area contributed by atoms with Gasteiger partial charge >= 0.3 is 0 Å². The second-order valence-corrected chi connectivity index (χ2v) is 8.49. The van der Waals surface area contributed by atoms with E-state index in [-0.39, 0.29) is 29.8 Å². The molecule has 166 valence electrons. The topological polar surface area (TPSA) is 55.8 Å². The molecule has 0 spiro atoms. The molecule has 0 unspecified atom stereocenters. The number of aromatic nitrogens is 1. The minimum absolute atomic E-state index is 0. The van der Waals surface area contributed by atoms with Crippen molar-refractivity contribution in [1.29, 1.82) is 0 Å². The van der Waals surface area contributed by atoms with Crippen LogP contribution in [-0.2, 0) is 6.42 Å². The van der Waals surface area contributed by atoms with Crippen LogP contribution in [0.1, 0.15) is 16.3 Å². The van der Waals surface area contributed by atoms with E-state index < -0.39 is 0 Å². The number of nitrogens with zero attached hydrogens (tertiary/aromatic N) is 4. The Hall–Kier alpha value is -1.46. The Kier molecular flexibility index (Phi) is 10.8. The van der Waals surface area contributed by atoms with Gasteiger partial charge in [0.1, 0.15) is 5.82 Å². The molecule has 0 atom stereocenters. The molecule has 9 heteroatoms. The first-order valence-corrected chi connectivity index (χ1v) is 11.0. The molecule has 1 aliphatic heterocycles. The van der Waals surface area contributed by atoms with Crippen molar-refractivity contribution in [3.05, 3.63) is 46.2 Å². The standard InChI is InChI=1S/C21H31FN6S.HI/c1-17-16-26-20(29-17)8-10-25-21(23-2)24-9-5-11-27-12-14-28(15-13-27)19-7-4-3-6-18(19)22;/h3-4,6-7,16H,5,8-15H2,1-2H3,(H2,23,24,25);1H. The monoisotopic (exact) mass is 546 g/mol. The van der Waals surface area contributed by atoms with E-state index in [1.165, 1.54) is 10.9 Å². The summed E-state index contributed by atoms with van der Waals surface area (Å²) in [5.74, 6) is 0.705. The highest BCUT2D eigenvalue weighted by Crippen LogP contribution is 2.20. The number of aryl methyl sites for hydroxylation is 1. The number of piperazine rings is 1. The molecule has 3 rings (SSSR count). The number of anilines is 1. The molecule has 0 bridgehead atoms. The molecule has 2 heterocycles. The number of benzene rings is 1. The number of hydrogen-bond donors (Lipinski definition) is 2. The van der Waals surface area contributed by atoms with Crippen LogP contribution in [0.25, 0.3) is 0 Å². The van der Waals surface area contributed by atoms with Crippen LogP contribution in [0.15, 0.2) is 35.5 Å². The van der Waals surface area contributed by atoms with Crippen molar-refractivity contribution in [2.75, 3.05) is 57.8 Å². The van der Waals surface area contributed by atoms with Crippen molar-refractivity contribution in [2.45, 2.75) is 19.8 Å². The van der Waals surface area contributed by atoms with Crippen LogP contribution in [0.2, 0.25) is 0 Å². The van der Waals surface area contributed by atoms with Crippen molar-refractivity contribution in [3.8, 4) is 0 Å². The van der Waals surface area contributed by atoms with Gasteiger partial charge in [-0.05, 0) is 32.0 Å². The Bertz CT molecular complexity index is 791. The van der Waals surface area contributed by atoms with Gasteiger partial charge in [-0.3, -0.25) is 9.89 Å². The number of para-hydroxylation sites is 1. The van der Waals surface area contributed by atoms with Crippen molar-refractivity contribution < 1.29 is 4.39 Å². The minimum atomic E-state index is -0.131. The lowest BCUT2D eigenvalue weighted by molar-refractivity contribution is 0.254. The molecule has 1 aliphatic rings. The summed E-state index contributed by atoms with van der Waals surface area (Å²) in [6.45, 7) is 8.49. The normalized spacial score (nSPS) is 15.0. The van der Waals surface area contributed by atoms with Crippen molar-refractivity contribution in [1.82, 2.24) is 20.5 Å². The van der Waals surface area contributed by atoms with Crippen LogP contribution in [0.5, 0.6) is 0 Å². The van der Waals surface area contributed by atoms with Crippen LogP contribution >= 0.6 is 35.3 Å². The fraction of sp³-hybridized carbons (Fsp3) is 0.524. The van der Waals surface area contributed by atoms with Gasteiger partial charge in [0.05, 0.1) is 10.7 Å². The number of halogens is 2. The van der Waals surface area contributed by atoms with E-state index >= 15 is 0 Å². The van der Waals surface area contributed by atoms with Crippen LogP contribution < -0.4 is 15.5 Å². The fourth-order valence-electron chi connectivity index (χ4n) is 3.46. The van der Waals surface area contributed by atoms with Crippen molar-refractivity contribution >= 4 is 47.0 Å². The van der Waals surface area contributed by atoms with E-state index in [0.29, 0.717) is 0 Å². The third-order valence-electron chi connectivity index (χ3n) is 5.03. The van der Waals surface area contributed by atoms with Gasteiger partial charge in [0.2, 0.25) is 0 Å². The zero-order valence-electron chi connectivity index (χ0n) is 17.7. The zero-order chi connectivity index (χ0) is 20.5. The summed E-state index contributed by atoms with van der Waals surface area (Å²) in [7, 11) is 1.80. The average Bonchev–Trinajstić information content (AvgIpc) is 3.15. The Morgan fingerprint density at radius 3 is 2.57 bits per heavy atom. The summed E-state index contributed by atoms with van der Waals surface area (Å²) in [5.41, 5.74) is 0.719. The third-order valence-corrected chi connectivity index (χ3v) is 6.01. The smallest absolute Gasteiger partial charge is 0.190 e. The van der Waals surface area contributed by atoms with E-state index in [0.717, 1.165) is 75.3 Å². The van der Waals surface area contributed by atoms with Crippen molar-refractivity contribution in [3.63, 3.8) is 0 Å².